The van der Waals surface area contributed by atoms with Crippen LogP contribution in [0.4, 0.5) is 0 Å². The second-order valence-electron chi connectivity index (χ2n) is 4.66. The van der Waals surface area contributed by atoms with Crippen LogP contribution in [0.1, 0.15) is 18.0 Å². The Morgan fingerprint density at radius 3 is 2.95 bits per heavy atom. The number of amides is 1. The van der Waals surface area contributed by atoms with E-state index in [0.717, 1.165) is 6.42 Å². The molecular weight excluding hydrogens is 296 g/mol. The van der Waals surface area contributed by atoms with Crippen molar-refractivity contribution >= 4 is 17.5 Å². The van der Waals surface area contributed by atoms with E-state index < -0.39 is 11.9 Å². The van der Waals surface area contributed by atoms with Crippen molar-refractivity contribution in [2.45, 2.75) is 12.5 Å². The molecule has 0 bridgehead atoms. The zero-order chi connectivity index (χ0) is 15.2. The third-order valence-corrected chi connectivity index (χ3v) is 3.38. The summed E-state index contributed by atoms with van der Waals surface area (Å²) < 4.78 is 16.1. The van der Waals surface area contributed by atoms with Crippen LogP contribution in [0.2, 0.25) is 5.02 Å². The number of hydrogen-bond acceptors (Lipinski definition) is 5. The average Bonchev–Trinajstić information content (AvgIpc) is 2.68. The van der Waals surface area contributed by atoms with Crippen LogP contribution in [-0.2, 0) is 9.53 Å². The van der Waals surface area contributed by atoms with Crippen molar-refractivity contribution in [1.82, 2.24) is 5.32 Å². The van der Waals surface area contributed by atoms with Gasteiger partial charge in [0.1, 0.15) is 6.04 Å². The monoisotopic (exact) mass is 314 g/mol. The fourth-order valence-corrected chi connectivity index (χ4v) is 2.38. The fourth-order valence-electron chi connectivity index (χ4n) is 2.11. The molecule has 0 aliphatic carbocycles. The third kappa shape index (κ3) is 4.00. The Morgan fingerprint density at radius 1 is 1.48 bits per heavy atom. The van der Waals surface area contributed by atoms with Crippen molar-refractivity contribution in [2.75, 3.05) is 33.5 Å². The molecule has 0 spiro atoms. The Hall–Kier alpha value is -1.50. The number of methoxy groups -OCH3 is 1. The molecule has 0 aromatic heterocycles. The van der Waals surface area contributed by atoms with Gasteiger partial charge in [0.2, 0.25) is 5.91 Å². The highest BCUT2D eigenvalue weighted by molar-refractivity contribution is 6.32. The van der Waals surface area contributed by atoms with E-state index in [0.29, 0.717) is 48.5 Å². The lowest BCUT2D eigenvalue weighted by molar-refractivity contribution is -0.120. The minimum Gasteiger partial charge on any atom is -0.489 e. The molecule has 1 heterocycles. The number of hydrogen-bond donors (Lipinski definition) is 2. The van der Waals surface area contributed by atoms with Crippen LogP contribution in [0.25, 0.3) is 0 Å². The Morgan fingerprint density at radius 2 is 2.24 bits per heavy atom. The van der Waals surface area contributed by atoms with Gasteiger partial charge in [-0.05, 0) is 17.7 Å². The standard InChI is InChI=1S/C14H19ClN2O4/c1-19-6-3-17-12(14(16)18)9-7-10(15)13-11(8-9)20-4-2-5-21-13/h7-8,12,17H,2-6H2,1H3,(H2,16,18). The normalized spacial score (nSPS) is 15.3. The lowest BCUT2D eigenvalue weighted by Crippen LogP contribution is -2.35. The largest absolute Gasteiger partial charge is 0.489 e. The molecule has 3 N–H and O–H groups in total. The molecule has 0 fully saturated rings. The van der Waals surface area contributed by atoms with Crippen molar-refractivity contribution < 1.29 is 19.0 Å². The molecule has 0 radical (unpaired) electrons. The predicted molar refractivity (Wildman–Crippen MR) is 78.9 cm³/mol. The molecule has 1 amide bonds. The van der Waals surface area contributed by atoms with Gasteiger partial charge in [-0.2, -0.15) is 0 Å². The molecule has 0 saturated carbocycles. The van der Waals surface area contributed by atoms with E-state index >= 15 is 0 Å². The summed E-state index contributed by atoms with van der Waals surface area (Å²) in [7, 11) is 1.59. The number of halogens is 1. The summed E-state index contributed by atoms with van der Waals surface area (Å²) in [5.74, 6) is 0.560. The molecule has 1 aliphatic heterocycles. The van der Waals surface area contributed by atoms with E-state index in [-0.39, 0.29) is 0 Å². The van der Waals surface area contributed by atoms with Gasteiger partial charge in [0.25, 0.3) is 0 Å². The number of fused-ring (bicyclic) bond motifs is 1. The van der Waals surface area contributed by atoms with E-state index in [1.54, 1.807) is 19.2 Å². The molecule has 0 saturated heterocycles. The number of benzene rings is 1. The molecule has 6 nitrogen and oxygen atoms in total. The van der Waals surface area contributed by atoms with Gasteiger partial charge in [-0.3, -0.25) is 10.1 Å². The highest BCUT2D eigenvalue weighted by Gasteiger charge is 2.22. The molecule has 1 aliphatic rings. The molecule has 1 atom stereocenters. The Bertz CT molecular complexity index is 510. The number of carbonyl (C=O) groups is 1. The molecule has 1 aromatic rings. The number of primary amides is 1. The molecule has 2 rings (SSSR count). The van der Waals surface area contributed by atoms with Crippen molar-refractivity contribution in [1.29, 1.82) is 0 Å². The molecular formula is C14H19ClN2O4. The van der Waals surface area contributed by atoms with Gasteiger partial charge < -0.3 is 19.9 Å². The molecule has 116 valence electrons. The fraction of sp³-hybridized carbons (Fsp3) is 0.500. The van der Waals surface area contributed by atoms with Gasteiger partial charge in [-0.1, -0.05) is 11.6 Å². The lowest BCUT2D eigenvalue weighted by atomic mass is 10.1. The number of carbonyl (C=O) groups excluding carboxylic acids is 1. The van der Waals surface area contributed by atoms with Crippen molar-refractivity contribution in [3.05, 3.63) is 22.7 Å². The summed E-state index contributed by atoms with van der Waals surface area (Å²) >= 11 is 6.22. The number of nitrogens with two attached hydrogens (primary N) is 1. The van der Waals surface area contributed by atoms with E-state index in [1.807, 2.05) is 0 Å². The number of rotatable bonds is 6. The molecule has 21 heavy (non-hydrogen) atoms. The summed E-state index contributed by atoms with van der Waals surface area (Å²) in [5.41, 5.74) is 6.10. The first kappa shape index (κ1) is 15.9. The summed E-state index contributed by atoms with van der Waals surface area (Å²) in [4.78, 5) is 11.6. The summed E-state index contributed by atoms with van der Waals surface area (Å²) in [6.07, 6.45) is 0.783. The Balaban J connectivity index is 2.26. The van der Waals surface area contributed by atoms with Gasteiger partial charge in [0, 0.05) is 20.1 Å². The first-order valence-electron chi connectivity index (χ1n) is 6.74. The second kappa shape index (κ2) is 7.49. The first-order chi connectivity index (χ1) is 10.1. The maximum Gasteiger partial charge on any atom is 0.239 e. The summed E-state index contributed by atoms with van der Waals surface area (Å²) in [5, 5.41) is 3.44. The minimum atomic E-state index is -0.658. The van der Waals surface area contributed by atoms with Crippen LogP contribution in [0.5, 0.6) is 11.5 Å². The Kier molecular flexibility index (Phi) is 5.67. The van der Waals surface area contributed by atoms with Crippen LogP contribution in [0, 0.1) is 0 Å². The Labute approximate surface area is 128 Å². The van der Waals surface area contributed by atoms with Gasteiger partial charge in [0.05, 0.1) is 24.8 Å². The van der Waals surface area contributed by atoms with Gasteiger partial charge in [-0.15, -0.1) is 0 Å². The van der Waals surface area contributed by atoms with Crippen molar-refractivity contribution in [3.63, 3.8) is 0 Å². The molecule has 7 heteroatoms. The van der Waals surface area contributed by atoms with E-state index in [1.165, 1.54) is 0 Å². The zero-order valence-electron chi connectivity index (χ0n) is 11.9. The van der Waals surface area contributed by atoms with Gasteiger partial charge >= 0.3 is 0 Å². The maximum atomic E-state index is 11.6. The van der Waals surface area contributed by atoms with Crippen LogP contribution in [0.15, 0.2) is 12.1 Å². The van der Waals surface area contributed by atoms with Gasteiger partial charge in [-0.25, -0.2) is 0 Å². The quantitative estimate of drug-likeness (QED) is 0.773. The van der Waals surface area contributed by atoms with E-state index in [4.69, 9.17) is 31.5 Å². The zero-order valence-corrected chi connectivity index (χ0v) is 12.6. The topological polar surface area (TPSA) is 82.8 Å². The maximum absolute atomic E-state index is 11.6. The van der Waals surface area contributed by atoms with Crippen LogP contribution in [-0.4, -0.2) is 39.4 Å². The highest BCUT2D eigenvalue weighted by Crippen LogP contribution is 2.39. The second-order valence-corrected chi connectivity index (χ2v) is 5.07. The van der Waals surface area contributed by atoms with E-state index in [9.17, 15) is 4.79 Å². The van der Waals surface area contributed by atoms with Crippen LogP contribution in [0.3, 0.4) is 0 Å². The van der Waals surface area contributed by atoms with Crippen molar-refractivity contribution in [2.24, 2.45) is 5.73 Å². The van der Waals surface area contributed by atoms with E-state index in [2.05, 4.69) is 5.32 Å². The SMILES string of the molecule is COCCNC(C(N)=O)c1cc(Cl)c2c(c1)OCCCO2. The van der Waals surface area contributed by atoms with Crippen molar-refractivity contribution in [3.8, 4) is 11.5 Å². The summed E-state index contributed by atoms with van der Waals surface area (Å²) in [6.45, 7) is 2.07. The van der Waals surface area contributed by atoms with Crippen LogP contribution >= 0.6 is 11.6 Å². The van der Waals surface area contributed by atoms with Crippen LogP contribution < -0.4 is 20.5 Å². The third-order valence-electron chi connectivity index (χ3n) is 3.10. The first-order valence-corrected chi connectivity index (χ1v) is 7.12. The average molecular weight is 315 g/mol. The highest BCUT2D eigenvalue weighted by atomic mass is 35.5. The summed E-state index contributed by atoms with van der Waals surface area (Å²) in [6, 6.07) is 2.75. The van der Waals surface area contributed by atoms with Gasteiger partial charge in [0.15, 0.2) is 11.5 Å². The molecule has 1 unspecified atom stereocenters. The number of nitrogens with one attached hydrogen (secondary N) is 1. The predicted octanol–water partition coefficient (Wildman–Crippen LogP) is 1.26. The smallest absolute Gasteiger partial charge is 0.239 e. The lowest BCUT2D eigenvalue weighted by Gasteiger charge is -2.18. The minimum absolute atomic E-state index is 0.407. The molecule has 1 aromatic carbocycles. The number of ether oxygens (including phenoxy) is 3.